The molecule has 0 saturated carbocycles. The van der Waals surface area contributed by atoms with E-state index in [1.165, 1.54) is 62.4 Å². The Balaban J connectivity index is 1.45. The third kappa shape index (κ3) is 11.1. The SMILES string of the molecule is CC(=O)NC1C(O)[C@H](O)C(CO)O[C@H]1Oc1ccc(C(=O)Nc2ccc(O[C@@H]3OC(COC(C)=O)[C@@H](OC(C)=O)C(OC(C)=O)C3NC(C)=O)cc2)cc1. The molecule has 10 atom stereocenters. The molecule has 3 amide bonds. The third-order valence-corrected chi connectivity index (χ3v) is 8.06. The second-order valence-corrected chi connectivity index (χ2v) is 12.4. The lowest BCUT2D eigenvalue weighted by Crippen LogP contribution is -2.67. The molecule has 4 rings (SSSR count). The monoisotopic (exact) mass is 761 g/mol. The van der Waals surface area contributed by atoms with Crippen molar-refractivity contribution in [2.45, 2.75) is 95.9 Å². The van der Waals surface area contributed by atoms with Gasteiger partial charge in [0.15, 0.2) is 12.2 Å². The minimum Gasteiger partial charge on any atom is -0.463 e. The van der Waals surface area contributed by atoms with E-state index in [4.69, 9.17) is 33.2 Å². The number of amides is 3. The number of anilines is 1. The van der Waals surface area contributed by atoms with Crippen LogP contribution >= 0.6 is 0 Å². The van der Waals surface area contributed by atoms with E-state index in [9.17, 15) is 44.1 Å². The molecule has 2 saturated heterocycles. The molecular weight excluding hydrogens is 718 g/mol. The van der Waals surface area contributed by atoms with Crippen LogP contribution in [0.4, 0.5) is 5.69 Å². The number of aliphatic hydroxyl groups excluding tert-OH is 3. The van der Waals surface area contributed by atoms with Crippen molar-refractivity contribution in [1.29, 1.82) is 0 Å². The maximum Gasteiger partial charge on any atom is 0.303 e. The number of hydrogen-bond donors (Lipinski definition) is 6. The minimum absolute atomic E-state index is 0.192. The van der Waals surface area contributed by atoms with Gasteiger partial charge in [0.1, 0.15) is 54.6 Å². The summed E-state index contributed by atoms with van der Waals surface area (Å²) in [5.74, 6) is -3.33. The molecule has 2 fully saturated rings. The first kappa shape index (κ1) is 41.4. The third-order valence-electron chi connectivity index (χ3n) is 8.06. The van der Waals surface area contributed by atoms with Crippen LogP contribution in [-0.2, 0) is 47.7 Å². The Morgan fingerprint density at radius 2 is 1.15 bits per heavy atom. The molecule has 2 aliphatic rings. The van der Waals surface area contributed by atoms with Crippen LogP contribution in [0.2, 0.25) is 0 Å². The molecule has 2 aromatic carbocycles. The maximum atomic E-state index is 13.1. The van der Waals surface area contributed by atoms with Crippen LogP contribution in [0.5, 0.6) is 11.5 Å². The van der Waals surface area contributed by atoms with E-state index in [1.807, 2.05) is 0 Å². The van der Waals surface area contributed by atoms with Crippen LogP contribution in [0, 0.1) is 0 Å². The Hall–Kier alpha value is -5.34. The molecule has 19 heteroatoms. The van der Waals surface area contributed by atoms with Gasteiger partial charge in [-0.25, -0.2) is 0 Å². The summed E-state index contributed by atoms with van der Waals surface area (Å²) in [5.41, 5.74) is 0.577. The van der Waals surface area contributed by atoms with Gasteiger partial charge >= 0.3 is 17.9 Å². The number of hydrogen-bond acceptors (Lipinski definition) is 16. The Kier molecular flexibility index (Phi) is 14.3. The number of benzene rings is 2. The lowest BCUT2D eigenvalue weighted by Gasteiger charge is -2.44. The largest absolute Gasteiger partial charge is 0.463 e. The maximum absolute atomic E-state index is 13.1. The first-order chi connectivity index (χ1) is 25.6. The fourth-order valence-corrected chi connectivity index (χ4v) is 5.74. The van der Waals surface area contributed by atoms with E-state index in [0.29, 0.717) is 5.69 Å². The molecule has 2 aromatic rings. The lowest BCUT2D eigenvalue weighted by molar-refractivity contribution is -0.257. The van der Waals surface area contributed by atoms with E-state index in [2.05, 4.69) is 16.0 Å². The molecule has 6 N–H and O–H groups in total. The predicted octanol–water partition coefficient (Wildman–Crippen LogP) is -0.704. The van der Waals surface area contributed by atoms with Crippen molar-refractivity contribution in [3.05, 3.63) is 54.1 Å². The Labute approximate surface area is 309 Å². The highest BCUT2D eigenvalue weighted by Gasteiger charge is 2.52. The zero-order valence-electron chi connectivity index (χ0n) is 30.0. The van der Waals surface area contributed by atoms with Crippen molar-refractivity contribution >= 4 is 41.3 Å². The zero-order chi connectivity index (χ0) is 39.7. The van der Waals surface area contributed by atoms with Crippen LogP contribution in [0.3, 0.4) is 0 Å². The van der Waals surface area contributed by atoms with E-state index < -0.39 is 110 Å². The molecule has 0 aromatic heterocycles. The summed E-state index contributed by atoms with van der Waals surface area (Å²) in [5, 5.41) is 38.0. The number of aliphatic hydroxyl groups is 3. The Morgan fingerprint density at radius 1 is 0.648 bits per heavy atom. The smallest absolute Gasteiger partial charge is 0.303 e. The molecule has 6 unspecified atom stereocenters. The molecule has 2 heterocycles. The van der Waals surface area contributed by atoms with Gasteiger partial charge < -0.3 is 64.4 Å². The quantitative estimate of drug-likeness (QED) is 0.109. The van der Waals surface area contributed by atoms with Crippen LogP contribution < -0.4 is 25.4 Å². The van der Waals surface area contributed by atoms with Crippen molar-refractivity contribution in [2.24, 2.45) is 0 Å². The highest BCUT2D eigenvalue weighted by Crippen LogP contribution is 2.30. The topological polar surface area (TPSA) is 264 Å². The average molecular weight is 762 g/mol. The molecule has 0 bridgehead atoms. The van der Waals surface area contributed by atoms with Crippen molar-refractivity contribution in [2.75, 3.05) is 18.5 Å². The van der Waals surface area contributed by atoms with Gasteiger partial charge in [-0.2, -0.15) is 0 Å². The van der Waals surface area contributed by atoms with Crippen LogP contribution in [0.15, 0.2) is 48.5 Å². The van der Waals surface area contributed by atoms with Crippen LogP contribution in [0.25, 0.3) is 0 Å². The van der Waals surface area contributed by atoms with Crippen molar-refractivity contribution < 1.29 is 77.2 Å². The molecule has 19 nitrogen and oxygen atoms in total. The van der Waals surface area contributed by atoms with Gasteiger partial charge in [-0.15, -0.1) is 0 Å². The van der Waals surface area contributed by atoms with Gasteiger partial charge in [-0.3, -0.25) is 28.8 Å². The van der Waals surface area contributed by atoms with Crippen LogP contribution in [-0.4, -0.2) is 125 Å². The second-order valence-electron chi connectivity index (χ2n) is 12.4. The van der Waals surface area contributed by atoms with E-state index in [1.54, 1.807) is 0 Å². The fourth-order valence-electron chi connectivity index (χ4n) is 5.74. The molecule has 2 aliphatic heterocycles. The molecule has 54 heavy (non-hydrogen) atoms. The minimum atomic E-state index is -1.50. The first-order valence-corrected chi connectivity index (χ1v) is 16.7. The number of nitrogens with one attached hydrogen (secondary N) is 3. The Morgan fingerprint density at radius 3 is 1.67 bits per heavy atom. The van der Waals surface area contributed by atoms with E-state index in [0.717, 1.165) is 20.8 Å². The van der Waals surface area contributed by atoms with Gasteiger partial charge in [-0.1, -0.05) is 0 Å². The fraction of sp³-hybridized carbons (Fsp3) is 0.486. The van der Waals surface area contributed by atoms with Gasteiger partial charge in [-0.05, 0) is 48.5 Å². The van der Waals surface area contributed by atoms with Crippen molar-refractivity contribution in [3.63, 3.8) is 0 Å². The normalized spacial score (nSPS) is 27.7. The lowest BCUT2D eigenvalue weighted by atomic mass is 9.96. The zero-order valence-corrected chi connectivity index (χ0v) is 30.0. The molecule has 0 radical (unpaired) electrons. The summed E-state index contributed by atoms with van der Waals surface area (Å²) >= 11 is 0. The highest BCUT2D eigenvalue weighted by molar-refractivity contribution is 6.04. The summed E-state index contributed by atoms with van der Waals surface area (Å²) in [4.78, 5) is 72.6. The highest BCUT2D eigenvalue weighted by atomic mass is 16.7. The summed E-state index contributed by atoms with van der Waals surface area (Å²) < 4.78 is 39.4. The molecule has 0 spiro atoms. The second kappa shape index (κ2) is 18.6. The number of esters is 3. The van der Waals surface area contributed by atoms with Crippen molar-refractivity contribution in [1.82, 2.24) is 10.6 Å². The summed E-state index contributed by atoms with van der Waals surface area (Å²) in [6.45, 7) is 4.83. The van der Waals surface area contributed by atoms with E-state index in [-0.39, 0.29) is 17.1 Å². The molecular formula is C35H43N3O16. The summed E-state index contributed by atoms with van der Waals surface area (Å²) in [6, 6.07) is 9.45. The summed E-state index contributed by atoms with van der Waals surface area (Å²) in [6.07, 6.45) is -10.5. The van der Waals surface area contributed by atoms with Crippen LogP contribution in [0.1, 0.15) is 45.0 Å². The summed E-state index contributed by atoms with van der Waals surface area (Å²) in [7, 11) is 0. The van der Waals surface area contributed by atoms with Gasteiger partial charge in [0.05, 0.1) is 6.61 Å². The first-order valence-electron chi connectivity index (χ1n) is 16.7. The molecule has 294 valence electrons. The van der Waals surface area contributed by atoms with Gasteiger partial charge in [0, 0.05) is 45.9 Å². The standard InChI is InChI=1S/C35H43N3O16/c1-16(40)36-27-30(46)29(45)25(14-39)53-34(27)51-23-10-6-21(7-11-23)33(47)38-22-8-12-24(13-9-22)52-35-28(37-17(2)41)32(50-20(5)44)31(49-19(4)43)26(54-35)15-48-18(3)42/h6-13,25-32,34-35,39,45-46H,14-15H2,1-5H3,(H,36,40)(H,37,41)(H,38,47)/t25?,26?,27?,28?,29-,30?,31-,32?,34-,35-/m1/s1. The number of ether oxygens (including phenoxy) is 7. The number of carbonyl (C=O) groups is 6. The molecule has 0 aliphatic carbocycles. The average Bonchev–Trinajstić information content (AvgIpc) is 3.10. The van der Waals surface area contributed by atoms with Gasteiger partial charge in [0.2, 0.25) is 24.4 Å². The van der Waals surface area contributed by atoms with Gasteiger partial charge in [0.25, 0.3) is 5.91 Å². The number of rotatable bonds is 13. The Bertz CT molecular complexity index is 1650. The van der Waals surface area contributed by atoms with E-state index >= 15 is 0 Å². The number of carbonyl (C=O) groups excluding carboxylic acids is 6. The van der Waals surface area contributed by atoms with Crippen molar-refractivity contribution in [3.8, 4) is 11.5 Å². The predicted molar refractivity (Wildman–Crippen MR) is 181 cm³/mol.